The molecule has 0 aromatic rings. The van der Waals surface area contributed by atoms with Gasteiger partial charge in [0.25, 0.3) is 0 Å². The third kappa shape index (κ3) is 4.08. The van der Waals surface area contributed by atoms with Crippen molar-refractivity contribution in [1.29, 1.82) is 0 Å². The van der Waals surface area contributed by atoms with Crippen LogP contribution in [0.2, 0.25) is 0 Å². The fraction of sp³-hybridized carbons (Fsp3) is 0.909. The van der Waals surface area contributed by atoms with Crippen molar-refractivity contribution in [2.24, 2.45) is 0 Å². The van der Waals surface area contributed by atoms with Gasteiger partial charge in [-0.05, 0) is 13.8 Å². The van der Waals surface area contributed by atoms with Crippen molar-refractivity contribution in [1.82, 2.24) is 15.5 Å². The van der Waals surface area contributed by atoms with E-state index in [0.717, 1.165) is 26.2 Å². The molecule has 0 spiro atoms. The summed E-state index contributed by atoms with van der Waals surface area (Å²) < 4.78 is 5.51. The summed E-state index contributed by atoms with van der Waals surface area (Å²) in [6.45, 7) is 8.11. The van der Waals surface area contributed by atoms with Crippen LogP contribution in [0.4, 0.5) is 0 Å². The van der Waals surface area contributed by atoms with Gasteiger partial charge in [0.1, 0.15) is 6.04 Å². The maximum absolute atomic E-state index is 11.6. The molecule has 2 N–H and O–H groups in total. The number of hydrogen-bond donors (Lipinski definition) is 2. The number of hydrogen-bond acceptors (Lipinski definition) is 4. The lowest BCUT2D eigenvalue weighted by atomic mass is 10.2. The molecular formula is C11H23N3O2. The molecular weight excluding hydrogens is 206 g/mol. The SMILES string of the molecule is CNC(=O)C1CNCCN1CCOC(C)C. The van der Waals surface area contributed by atoms with Crippen LogP contribution in [0.5, 0.6) is 0 Å². The number of likely N-dealkylation sites (N-methyl/N-ethyl adjacent to an activating group) is 1. The molecule has 0 saturated carbocycles. The van der Waals surface area contributed by atoms with E-state index in [2.05, 4.69) is 15.5 Å². The number of amides is 1. The minimum absolute atomic E-state index is 0.0606. The summed E-state index contributed by atoms with van der Waals surface area (Å²) in [4.78, 5) is 13.8. The fourth-order valence-electron chi connectivity index (χ4n) is 1.84. The van der Waals surface area contributed by atoms with Gasteiger partial charge in [-0.3, -0.25) is 9.69 Å². The van der Waals surface area contributed by atoms with Crippen LogP contribution in [0.1, 0.15) is 13.8 Å². The number of carbonyl (C=O) groups is 1. The monoisotopic (exact) mass is 229 g/mol. The molecule has 94 valence electrons. The summed E-state index contributed by atoms with van der Waals surface area (Å²) in [5, 5.41) is 5.94. The molecule has 5 nitrogen and oxygen atoms in total. The molecule has 0 bridgehead atoms. The summed E-state index contributed by atoms with van der Waals surface area (Å²) in [6, 6.07) is -0.0606. The van der Waals surface area contributed by atoms with Crippen molar-refractivity contribution < 1.29 is 9.53 Å². The summed E-state index contributed by atoms with van der Waals surface area (Å²) >= 11 is 0. The summed E-state index contributed by atoms with van der Waals surface area (Å²) in [5.41, 5.74) is 0. The Bertz CT molecular complexity index is 221. The molecule has 5 heteroatoms. The van der Waals surface area contributed by atoms with Crippen LogP contribution < -0.4 is 10.6 Å². The van der Waals surface area contributed by atoms with Gasteiger partial charge in [0.2, 0.25) is 5.91 Å². The van der Waals surface area contributed by atoms with Crippen molar-refractivity contribution in [2.75, 3.05) is 39.8 Å². The van der Waals surface area contributed by atoms with E-state index in [1.165, 1.54) is 0 Å². The first-order chi connectivity index (χ1) is 7.65. The van der Waals surface area contributed by atoms with Crippen LogP contribution in [-0.4, -0.2) is 62.8 Å². The van der Waals surface area contributed by atoms with E-state index in [9.17, 15) is 4.79 Å². The van der Waals surface area contributed by atoms with Gasteiger partial charge in [-0.2, -0.15) is 0 Å². The second-order valence-corrected chi connectivity index (χ2v) is 4.29. The van der Waals surface area contributed by atoms with Gasteiger partial charge in [0.05, 0.1) is 12.7 Å². The molecule has 1 aliphatic rings. The smallest absolute Gasteiger partial charge is 0.238 e. The molecule has 0 radical (unpaired) electrons. The van der Waals surface area contributed by atoms with Crippen molar-refractivity contribution in [3.8, 4) is 0 Å². The molecule has 0 aromatic carbocycles. The van der Waals surface area contributed by atoms with E-state index in [4.69, 9.17) is 4.74 Å². The van der Waals surface area contributed by atoms with Gasteiger partial charge in [-0.25, -0.2) is 0 Å². The third-order valence-electron chi connectivity index (χ3n) is 2.73. The van der Waals surface area contributed by atoms with E-state index in [-0.39, 0.29) is 18.1 Å². The Morgan fingerprint density at radius 1 is 1.62 bits per heavy atom. The summed E-state index contributed by atoms with van der Waals surface area (Å²) in [7, 11) is 1.68. The zero-order chi connectivity index (χ0) is 12.0. The molecule has 1 fully saturated rings. The lowest BCUT2D eigenvalue weighted by Crippen LogP contribution is -2.58. The van der Waals surface area contributed by atoms with Gasteiger partial charge in [-0.15, -0.1) is 0 Å². The number of piperazine rings is 1. The number of rotatable bonds is 5. The van der Waals surface area contributed by atoms with Crippen LogP contribution in [0.3, 0.4) is 0 Å². The Morgan fingerprint density at radius 3 is 3.00 bits per heavy atom. The van der Waals surface area contributed by atoms with Gasteiger partial charge in [-0.1, -0.05) is 0 Å². The van der Waals surface area contributed by atoms with Crippen LogP contribution in [0.15, 0.2) is 0 Å². The Kier molecular flexibility index (Phi) is 5.73. The van der Waals surface area contributed by atoms with E-state index in [1.54, 1.807) is 7.05 Å². The number of ether oxygens (including phenoxy) is 1. The Hall–Kier alpha value is -0.650. The van der Waals surface area contributed by atoms with E-state index in [0.29, 0.717) is 6.61 Å². The lowest BCUT2D eigenvalue weighted by molar-refractivity contribution is -0.126. The molecule has 0 aromatic heterocycles. The predicted octanol–water partition coefficient (Wildman–Crippen LogP) is -0.569. The number of carbonyl (C=O) groups excluding carboxylic acids is 1. The average molecular weight is 229 g/mol. The molecule has 1 rings (SSSR count). The van der Waals surface area contributed by atoms with Gasteiger partial charge in [0.15, 0.2) is 0 Å². The molecule has 1 aliphatic heterocycles. The van der Waals surface area contributed by atoms with E-state index in [1.807, 2.05) is 13.8 Å². The van der Waals surface area contributed by atoms with Crippen molar-refractivity contribution in [3.63, 3.8) is 0 Å². The molecule has 0 aliphatic carbocycles. The highest BCUT2D eigenvalue weighted by molar-refractivity contribution is 5.81. The van der Waals surface area contributed by atoms with Crippen LogP contribution >= 0.6 is 0 Å². The van der Waals surface area contributed by atoms with Crippen LogP contribution in [-0.2, 0) is 9.53 Å². The first-order valence-electron chi connectivity index (χ1n) is 5.93. The molecule has 1 unspecified atom stereocenters. The second kappa shape index (κ2) is 6.83. The molecule has 1 heterocycles. The Morgan fingerprint density at radius 2 is 2.38 bits per heavy atom. The van der Waals surface area contributed by atoms with E-state index >= 15 is 0 Å². The predicted molar refractivity (Wildman–Crippen MR) is 63.4 cm³/mol. The highest BCUT2D eigenvalue weighted by Gasteiger charge is 2.27. The maximum atomic E-state index is 11.6. The molecule has 1 amide bonds. The van der Waals surface area contributed by atoms with Gasteiger partial charge < -0.3 is 15.4 Å². The van der Waals surface area contributed by atoms with Crippen LogP contribution in [0, 0.1) is 0 Å². The normalized spacial score (nSPS) is 22.4. The van der Waals surface area contributed by atoms with Crippen molar-refractivity contribution in [2.45, 2.75) is 26.0 Å². The lowest BCUT2D eigenvalue weighted by Gasteiger charge is -2.34. The Labute approximate surface area is 97.5 Å². The zero-order valence-corrected chi connectivity index (χ0v) is 10.5. The molecule has 1 atom stereocenters. The third-order valence-corrected chi connectivity index (χ3v) is 2.73. The first-order valence-corrected chi connectivity index (χ1v) is 5.93. The Balaban J connectivity index is 2.38. The van der Waals surface area contributed by atoms with Crippen LogP contribution in [0.25, 0.3) is 0 Å². The second-order valence-electron chi connectivity index (χ2n) is 4.29. The number of nitrogens with one attached hydrogen (secondary N) is 2. The molecule has 1 saturated heterocycles. The standard InChI is InChI=1S/C11H23N3O2/c1-9(2)16-7-6-14-5-4-13-8-10(14)11(15)12-3/h9-10,13H,4-8H2,1-3H3,(H,12,15). The highest BCUT2D eigenvalue weighted by Crippen LogP contribution is 2.03. The van der Waals surface area contributed by atoms with Crippen molar-refractivity contribution >= 4 is 5.91 Å². The zero-order valence-electron chi connectivity index (χ0n) is 10.5. The quantitative estimate of drug-likeness (QED) is 0.663. The first kappa shape index (κ1) is 13.4. The fourth-order valence-corrected chi connectivity index (χ4v) is 1.84. The van der Waals surface area contributed by atoms with Crippen molar-refractivity contribution in [3.05, 3.63) is 0 Å². The summed E-state index contributed by atoms with van der Waals surface area (Å²) in [6.07, 6.45) is 0.251. The minimum atomic E-state index is -0.0606. The highest BCUT2D eigenvalue weighted by atomic mass is 16.5. The van der Waals surface area contributed by atoms with E-state index < -0.39 is 0 Å². The summed E-state index contributed by atoms with van der Waals surface area (Å²) in [5.74, 6) is 0.0803. The molecule has 16 heavy (non-hydrogen) atoms. The number of nitrogens with zero attached hydrogens (tertiary/aromatic N) is 1. The topological polar surface area (TPSA) is 53.6 Å². The van der Waals surface area contributed by atoms with Gasteiger partial charge in [0, 0.05) is 33.2 Å². The average Bonchev–Trinajstić information content (AvgIpc) is 2.28. The maximum Gasteiger partial charge on any atom is 0.238 e. The van der Waals surface area contributed by atoms with Gasteiger partial charge >= 0.3 is 0 Å². The largest absolute Gasteiger partial charge is 0.377 e. The minimum Gasteiger partial charge on any atom is -0.377 e.